The molecular weight excluding hydrogens is 398 g/mol. The number of phenolic OH excluding ortho intramolecular Hbond substituents is 1. The van der Waals surface area contributed by atoms with E-state index in [0.29, 0.717) is 41.4 Å². The van der Waals surface area contributed by atoms with Crippen LogP contribution in [0.4, 0.5) is 5.69 Å². The molecule has 0 atom stereocenters. The molecule has 0 aliphatic rings. The number of oxazole rings is 1. The third-order valence-corrected chi connectivity index (χ3v) is 4.61. The highest BCUT2D eigenvalue weighted by Crippen LogP contribution is 2.33. The third kappa shape index (κ3) is 4.79. The molecule has 0 saturated heterocycles. The van der Waals surface area contributed by atoms with Gasteiger partial charge in [-0.25, -0.2) is 4.98 Å². The minimum Gasteiger partial charge on any atom is -0.507 e. The maximum absolute atomic E-state index is 11.7. The summed E-state index contributed by atoms with van der Waals surface area (Å²) in [5.41, 5.74) is 3.55. The lowest BCUT2D eigenvalue weighted by Gasteiger charge is -2.10. The van der Waals surface area contributed by atoms with Crippen LogP contribution in [-0.4, -0.2) is 27.0 Å². The zero-order valence-electron chi connectivity index (χ0n) is 15.3. The van der Waals surface area contributed by atoms with Gasteiger partial charge in [-0.15, -0.1) is 11.6 Å². The van der Waals surface area contributed by atoms with E-state index in [1.54, 1.807) is 12.1 Å². The summed E-state index contributed by atoms with van der Waals surface area (Å²) in [6.07, 6.45) is 1.78. The molecule has 0 aliphatic carbocycles. The quantitative estimate of drug-likeness (QED) is 0.309. The Morgan fingerprint density at radius 1 is 1.29 bits per heavy atom. The topological polar surface area (TPSA) is 87.4 Å². The molecule has 0 aliphatic heterocycles. The number of aromatic hydroxyl groups is 1. The third-order valence-electron chi connectivity index (χ3n) is 4.14. The van der Waals surface area contributed by atoms with Crippen molar-refractivity contribution >= 4 is 51.6 Å². The lowest BCUT2D eigenvalue weighted by molar-refractivity contribution is -0.119. The lowest BCUT2D eigenvalue weighted by Crippen LogP contribution is -2.33. The molecule has 0 saturated carbocycles. The van der Waals surface area contributed by atoms with Gasteiger partial charge in [0.25, 0.3) is 0 Å². The van der Waals surface area contributed by atoms with Crippen LogP contribution >= 0.6 is 23.8 Å². The van der Waals surface area contributed by atoms with Gasteiger partial charge in [0, 0.05) is 18.0 Å². The molecular formula is C20H20ClN3O3S. The number of rotatable bonds is 6. The van der Waals surface area contributed by atoms with Crippen LogP contribution in [0.3, 0.4) is 0 Å². The normalized spacial score (nSPS) is 10.8. The van der Waals surface area contributed by atoms with E-state index in [9.17, 15) is 9.90 Å². The van der Waals surface area contributed by atoms with Crippen molar-refractivity contribution in [3.63, 3.8) is 0 Å². The molecule has 28 heavy (non-hydrogen) atoms. The minimum atomic E-state index is -0.206. The van der Waals surface area contributed by atoms with Gasteiger partial charge in [-0.3, -0.25) is 4.79 Å². The predicted molar refractivity (Wildman–Crippen MR) is 115 cm³/mol. The standard InChI is InChI=1S/C20H20ClN3O3S/c1-2-12-5-8-17-15(10-12)23-19(27-17)14-11-13(6-7-16(14)25)22-20(28)24-18(26)4-3-9-21/h5-8,10-11,25H,2-4,9H2,1H3,(H2,22,24,26,28). The van der Waals surface area contributed by atoms with Gasteiger partial charge < -0.3 is 20.2 Å². The summed E-state index contributed by atoms with van der Waals surface area (Å²) in [4.78, 5) is 16.2. The number of aryl methyl sites for hydroxylation is 1. The average molecular weight is 418 g/mol. The van der Waals surface area contributed by atoms with Crippen molar-refractivity contribution in [3.05, 3.63) is 42.0 Å². The molecule has 1 heterocycles. The first-order valence-corrected chi connectivity index (χ1v) is 9.84. The summed E-state index contributed by atoms with van der Waals surface area (Å²) in [6, 6.07) is 10.6. The summed E-state index contributed by atoms with van der Waals surface area (Å²) in [5, 5.41) is 15.9. The van der Waals surface area contributed by atoms with Gasteiger partial charge in [0.1, 0.15) is 11.3 Å². The number of nitrogens with one attached hydrogen (secondary N) is 2. The molecule has 0 fully saturated rings. The van der Waals surface area contributed by atoms with Gasteiger partial charge in [0.2, 0.25) is 11.8 Å². The van der Waals surface area contributed by atoms with Crippen LogP contribution in [0.2, 0.25) is 0 Å². The number of fused-ring (bicyclic) bond motifs is 1. The Balaban J connectivity index is 1.80. The van der Waals surface area contributed by atoms with E-state index in [-0.39, 0.29) is 16.8 Å². The molecule has 3 rings (SSSR count). The second kappa shape index (κ2) is 9.03. The van der Waals surface area contributed by atoms with Gasteiger partial charge in [0.15, 0.2) is 10.7 Å². The van der Waals surface area contributed by atoms with E-state index in [1.807, 2.05) is 18.2 Å². The highest BCUT2D eigenvalue weighted by molar-refractivity contribution is 7.80. The summed E-state index contributed by atoms with van der Waals surface area (Å²) < 4.78 is 5.79. The van der Waals surface area contributed by atoms with Crippen LogP contribution in [0, 0.1) is 0 Å². The Kier molecular flexibility index (Phi) is 6.49. The Hall–Kier alpha value is -2.64. The van der Waals surface area contributed by atoms with Gasteiger partial charge in [-0.2, -0.15) is 0 Å². The lowest BCUT2D eigenvalue weighted by atomic mass is 10.1. The van der Waals surface area contributed by atoms with Gasteiger partial charge >= 0.3 is 0 Å². The van der Waals surface area contributed by atoms with Crippen LogP contribution in [0.1, 0.15) is 25.3 Å². The highest BCUT2D eigenvalue weighted by Gasteiger charge is 2.14. The first-order chi connectivity index (χ1) is 13.5. The minimum absolute atomic E-state index is 0.0323. The molecule has 8 heteroatoms. The molecule has 146 valence electrons. The van der Waals surface area contributed by atoms with Crippen molar-refractivity contribution in [3.8, 4) is 17.2 Å². The Morgan fingerprint density at radius 3 is 2.86 bits per heavy atom. The molecule has 1 amide bonds. The zero-order chi connectivity index (χ0) is 20.1. The van der Waals surface area contributed by atoms with Crippen LogP contribution in [0.15, 0.2) is 40.8 Å². The van der Waals surface area contributed by atoms with Crippen LogP contribution in [-0.2, 0) is 11.2 Å². The smallest absolute Gasteiger partial charge is 0.231 e. The van der Waals surface area contributed by atoms with Crippen LogP contribution in [0.25, 0.3) is 22.6 Å². The molecule has 2 aromatic carbocycles. The maximum Gasteiger partial charge on any atom is 0.231 e. The number of carbonyl (C=O) groups is 1. The van der Waals surface area contributed by atoms with E-state index in [4.69, 9.17) is 28.2 Å². The summed E-state index contributed by atoms with van der Waals surface area (Å²) in [6.45, 7) is 2.07. The fraction of sp³-hybridized carbons (Fsp3) is 0.250. The molecule has 3 aromatic rings. The first-order valence-electron chi connectivity index (χ1n) is 8.89. The fourth-order valence-corrected chi connectivity index (χ4v) is 3.04. The first kappa shape index (κ1) is 20.1. The van der Waals surface area contributed by atoms with Crippen molar-refractivity contribution < 1.29 is 14.3 Å². The SMILES string of the molecule is CCc1ccc2oc(-c3cc(NC(=S)NC(=O)CCCCl)ccc3O)nc2c1. The van der Waals surface area contributed by atoms with Gasteiger partial charge in [-0.1, -0.05) is 13.0 Å². The van der Waals surface area contributed by atoms with Gasteiger partial charge in [-0.05, 0) is 61.0 Å². The van der Waals surface area contributed by atoms with Crippen molar-refractivity contribution in [2.45, 2.75) is 26.2 Å². The Morgan fingerprint density at radius 2 is 2.11 bits per heavy atom. The predicted octanol–water partition coefficient (Wildman–Crippen LogP) is 4.59. The number of nitrogens with zero attached hydrogens (tertiary/aromatic N) is 1. The number of halogens is 1. The second-order valence-corrected chi connectivity index (χ2v) is 6.99. The zero-order valence-corrected chi connectivity index (χ0v) is 16.9. The number of carbonyl (C=O) groups excluding carboxylic acids is 1. The van der Waals surface area contributed by atoms with E-state index in [0.717, 1.165) is 17.5 Å². The Labute approximate surface area is 172 Å². The Bertz CT molecular complexity index is 1020. The molecule has 6 nitrogen and oxygen atoms in total. The van der Waals surface area contributed by atoms with Crippen molar-refractivity contribution in [1.82, 2.24) is 10.3 Å². The number of thiocarbonyl (C=S) groups is 1. The average Bonchev–Trinajstić information content (AvgIpc) is 3.10. The number of anilines is 1. The number of aromatic nitrogens is 1. The second-order valence-electron chi connectivity index (χ2n) is 6.20. The summed E-state index contributed by atoms with van der Waals surface area (Å²) >= 11 is 10.7. The van der Waals surface area contributed by atoms with Crippen molar-refractivity contribution in [1.29, 1.82) is 0 Å². The fourth-order valence-electron chi connectivity index (χ4n) is 2.67. The van der Waals surface area contributed by atoms with E-state index in [2.05, 4.69) is 22.5 Å². The molecule has 0 unspecified atom stereocenters. The molecule has 0 bridgehead atoms. The van der Waals surface area contributed by atoms with E-state index < -0.39 is 0 Å². The van der Waals surface area contributed by atoms with Crippen molar-refractivity contribution in [2.24, 2.45) is 0 Å². The number of phenols is 1. The summed E-state index contributed by atoms with van der Waals surface area (Å²) in [7, 11) is 0. The number of hydrogen-bond acceptors (Lipinski definition) is 5. The van der Waals surface area contributed by atoms with Crippen LogP contribution in [0.5, 0.6) is 5.75 Å². The number of amides is 1. The monoisotopic (exact) mass is 417 g/mol. The van der Waals surface area contributed by atoms with E-state index in [1.165, 1.54) is 6.07 Å². The van der Waals surface area contributed by atoms with Crippen LogP contribution < -0.4 is 10.6 Å². The van der Waals surface area contributed by atoms with E-state index >= 15 is 0 Å². The molecule has 1 aromatic heterocycles. The number of hydrogen-bond donors (Lipinski definition) is 3. The summed E-state index contributed by atoms with van der Waals surface area (Å²) in [5.74, 6) is 0.549. The molecule has 3 N–H and O–H groups in total. The number of alkyl halides is 1. The highest BCUT2D eigenvalue weighted by atomic mass is 35.5. The molecule has 0 spiro atoms. The van der Waals surface area contributed by atoms with Gasteiger partial charge in [0.05, 0.1) is 5.56 Å². The largest absolute Gasteiger partial charge is 0.507 e. The number of benzene rings is 2. The van der Waals surface area contributed by atoms with Crippen molar-refractivity contribution in [2.75, 3.05) is 11.2 Å². The maximum atomic E-state index is 11.7. The molecule has 0 radical (unpaired) electrons.